The number of benzene rings is 2. The molecule has 0 bridgehead atoms. The molecule has 0 saturated heterocycles. The molecule has 0 fully saturated rings. The van der Waals surface area contributed by atoms with Gasteiger partial charge in [-0.15, -0.1) is 0 Å². The molecule has 2 N–H and O–H groups in total. The van der Waals surface area contributed by atoms with E-state index >= 15 is 0 Å². The number of hydrogen-bond donors (Lipinski definition) is 2. The molecule has 1 aliphatic carbocycles. The van der Waals surface area contributed by atoms with Crippen molar-refractivity contribution in [1.29, 1.82) is 0 Å². The fraction of sp³-hybridized carbons (Fsp3) is 0.308. The van der Waals surface area contributed by atoms with Crippen LogP contribution in [-0.4, -0.2) is 23.5 Å². The van der Waals surface area contributed by atoms with Crippen molar-refractivity contribution >= 4 is 5.91 Å². The Kier molecular flexibility index (Phi) is 6.24. The lowest BCUT2D eigenvalue weighted by Crippen LogP contribution is -2.28. The first-order chi connectivity index (χ1) is 14.6. The molecule has 1 heterocycles. The maximum Gasteiger partial charge on any atom is 0.252 e. The normalized spacial score (nSPS) is 13.4. The number of nitrogens with zero attached hydrogens (tertiary/aromatic N) is 1. The monoisotopic (exact) mass is 399 g/mol. The van der Waals surface area contributed by atoms with Crippen molar-refractivity contribution in [3.8, 4) is 11.1 Å². The van der Waals surface area contributed by atoms with Gasteiger partial charge in [-0.05, 0) is 53.1 Å². The number of nitrogens with one attached hydrogen (secondary N) is 2. The van der Waals surface area contributed by atoms with Crippen LogP contribution in [0.5, 0.6) is 0 Å². The van der Waals surface area contributed by atoms with Crippen LogP contribution in [0.15, 0.2) is 67.0 Å². The highest BCUT2D eigenvalue weighted by molar-refractivity contribution is 5.95. The number of pyridine rings is 1. The number of carbonyl (C=O) groups excluding carboxylic acids is 1. The highest BCUT2D eigenvalue weighted by Gasteiger charge is 2.20. The van der Waals surface area contributed by atoms with Gasteiger partial charge in [-0.3, -0.25) is 9.78 Å². The molecule has 0 atom stereocenters. The Morgan fingerprint density at radius 1 is 1.00 bits per heavy atom. The minimum atomic E-state index is -0.0725. The van der Waals surface area contributed by atoms with Gasteiger partial charge < -0.3 is 10.6 Å². The summed E-state index contributed by atoms with van der Waals surface area (Å²) in [6.07, 6.45) is 5.63. The van der Waals surface area contributed by atoms with Gasteiger partial charge >= 0.3 is 0 Å². The van der Waals surface area contributed by atoms with Crippen molar-refractivity contribution < 1.29 is 4.79 Å². The third-order valence-corrected chi connectivity index (χ3v) is 5.58. The van der Waals surface area contributed by atoms with E-state index in [4.69, 9.17) is 0 Å². The number of hydrogen-bond acceptors (Lipinski definition) is 3. The molecule has 0 unspecified atom stereocenters. The summed E-state index contributed by atoms with van der Waals surface area (Å²) in [4.78, 5) is 16.7. The first-order valence-corrected chi connectivity index (χ1v) is 10.7. The molecule has 1 aromatic heterocycles. The Balaban J connectivity index is 1.41. The van der Waals surface area contributed by atoms with Crippen molar-refractivity contribution in [3.63, 3.8) is 0 Å². The summed E-state index contributed by atoms with van der Waals surface area (Å²) in [5.41, 5.74) is 6.79. The fourth-order valence-electron chi connectivity index (χ4n) is 3.95. The second-order valence-electron chi connectivity index (χ2n) is 8.52. The molecule has 154 valence electrons. The molecular weight excluding hydrogens is 370 g/mol. The van der Waals surface area contributed by atoms with E-state index in [0.29, 0.717) is 24.1 Å². The van der Waals surface area contributed by atoms with Crippen molar-refractivity contribution in [2.45, 2.75) is 39.3 Å². The van der Waals surface area contributed by atoms with E-state index in [1.807, 2.05) is 12.3 Å². The summed E-state index contributed by atoms with van der Waals surface area (Å²) in [5, 5.41) is 6.66. The largest absolute Gasteiger partial charge is 0.352 e. The molecule has 3 aromatic rings. The SMILES string of the molecule is CC(C)CNC(=O)c1cncc(-c2cccc(CNC3Cc4ccccc4C3)c2)c1. The van der Waals surface area contributed by atoms with Crippen molar-refractivity contribution in [3.05, 3.63) is 89.2 Å². The van der Waals surface area contributed by atoms with Gasteiger partial charge in [-0.25, -0.2) is 0 Å². The number of rotatable bonds is 7. The van der Waals surface area contributed by atoms with Crippen LogP contribution in [0, 0.1) is 5.92 Å². The zero-order valence-electron chi connectivity index (χ0n) is 17.7. The van der Waals surface area contributed by atoms with E-state index in [1.54, 1.807) is 6.20 Å². The zero-order valence-corrected chi connectivity index (χ0v) is 17.7. The van der Waals surface area contributed by atoms with Crippen LogP contribution >= 0.6 is 0 Å². The average Bonchev–Trinajstić information content (AvgIpc) is 3.19. The van der Waals surface area contributed by atoms with Crippen LogP contribution < -0.4 is 10.6 Å². The molecule has 0 saturated carbocycles. The van der Waals surface area contributed by atoms with E-state index in [1.165, 1.54) is 16.7 Å². The molecule has 0 spiro atoms. The summed E-state index contributed by atoms with van der Waals surface area (Å²) in [6.45, 7) is 5.65. The van der Waals surface area contributed by atoms with Crippen molar-refractivity contribution in [1.82, 2.24) is 15.6 Å². The molecule has 30 heavy (non-hydrogen) atoms. The maximum atomic E-state index is 12.4. The standard InChI is InChI=1S/C26H29N3O/c1-18(2)14-29-26(30)24-11-23(16-27-17-24)20-9-5-6-19(10-20)15-28-25-12-21-7-3-4-8-22(21)13-25/h3-11,16-18,25,28H,12-15H2,1-2H3,(H,29,30). The smallest absolute Gasteiger partial charge is 0.252 e. The summed E-state index contributed by atoms with van der Waals surface area (Å²) < 4.78 is 0. The summed E-state index contributed by atoms with van der Waals surface area (Å²) >= 11 is 0. The highest BCUT2D eigenvalue weighted by atomic mass is 16.1. The average molecular weight is 400 g/mol. The lowest BCUT2D eigenvalue weighted by molar-refractivity contribution is 0.0948. The number of aromatic nitrogens is 1. The second kappa shape index (κ2) is 9.23. The van der Waals surface area contributed by atoms with Crippen LogP contribution in [0.1, 0.15) is 40.9 Å². The summed E-state index contributed by atoms with van der Waals surface area (Å²) in [7, 11) is 0. The molecular formula is C26H29N3O. The molecule has 4 heteroatoms. The molecule has 1 aliphatic rings. The van der Waals surface area contributed by atoms with Gasteiger partial charge in [-0.1, -0.05) is 56.3 Å². The molecule has 0 radical (unpaired) electrons. The molecule has 4 rings (SSSR count). The zero-order chi connectivity index (χ0) is 20.9. The van der Waals surface area contributed by atoms with Gasteiger partial charge in [0.1, 0.15) is 0 Å². The maximum absolute atomic E-state index is 12.4. The quantitative estimate of drug-likeness (QED) is 0.619. The predicted molar refractivity (Wildman–Crippen MR) is 121 cm³/mol. The molecule has 4 nitrogen and oxygen atoms in total. The Morgan fingerprint density at radius 2 is 1.77 bits per heavy atom. The Bertz CT molecular complexity index is 1000. The van der Waals surface area contributed by atoms with E-state index in [9.17, 15) is 4.79 Å². The van der Waals surface area contributed by atoms with Crippen LogP contribution in [0.3, 0.4) is 0 Å². The van der Waals surface area contributed by atoms with Gasteiger partial charge in [0.25, 0.3) is 5.91 Å². The Morgan fingerprint density at radius 3 is 2.50 bits per heavy atom. The predicted octanol–water partition coefficient (Wildman–Crippen LogP) is 4.39. The molecule has 2 aromatic carbocycles. The Labute approximate surface area is 178 Å². The van der Waals surface area contributed by atoms with Gasteiger partial charge in [0.05, 0.1) is 5.56 Å². The lowest BCUT2D eigenvalue weighted by atomic mass is 10.0. The number of amides is 1. The Hall–Kier alpha value is -2.98. The van der Waals surface area contributed by atoms with E-state index in [-0.39, 0.29) is 5.91 Å². The van der Waals surface area contributed by atoms with Crippen LogP contribution in [0.2, 0.25) is 0 Å². The van der Waals surface area contributed by atoms with Crippen molar-refractivity contribution in [2.75, 3.05) is 6.54 Å². The summed E-state index contributed by atoms with van der Waals surface area (Å²) in [6, 6.07) is 19.6. The van der Waals surface area contributed by atoms with Gasteiger partial charge in [-0.2, -0.15) is 0 Å². The van der Waals surface area contributed by atoms with E-state index in [2.05, 4.69) is 78.0 Å². The van der Waals surface area contributed by atoms with Crippen LogP contribution in [0.25, 0.3) is 11.1 Å². The first-order valence-electron chi connectivity index (χ1n) is 10.7. The van der Waals surface area contributed by atoms with Gasteiger partial charge in [0.2, 0.25) is 0 Å². The third-order valence-electron chi connectivity index (χ3n) is 5.58. The molecule has 0 aliphatic heterocycles. The lowest BCUT2D eigenvalue weighted by Gasteiger charge is -2.13. The van der Waals surface area contributed by atoms with E-state index < -0.39 is 0 Å². The van der Waals surface area contributed by atoms with Crippen LogP contribution in [-0.2, 0) is 19.4 Å². The fourth-order valence-corrected chi connectivity index (χ4v) is 3.95. The minimum Gasteiger partial charge on any atom is -0.352 e. The highest BCUT2D eigenvalue weighted by Crippen LogP contribution is 2.23. The molecule has 1 amide bonds. The topological polar surface area (TPSA) is 54.0 Å². The van der Waals surface area contributed by atoms with Crippen molar-refractivity contribution in [2.24, 2.45) is 5.92 Å². The first kappa shape index (κ1) is 20.3. The summed E-state index contributed by atoms with van der Waals surface area (Å²) in [5.74, 6) is 0.346. The minimum absolute atomic E-state index is 0.0725. The van der Waals surface area contributed by atoms with Gasteiger partial charge in [0.15, 0.2) is 0 Å². The van der Waals surface area contributed by atoms with E-state index in [0.717, 1.165) is 30.5 Å². The number of carbonyl (C=O) groups is 1. The second-order valence-corrected chi connectivity index (χ2v) is 8.52. The number of fused-ring (bicyclic) bond motifs is 1. The van der Waals surface area contributed by atoms with Gasteiger partial charge in [0, 0.05) is 37.1 Å². The third kappa shape index (κ3) is 4.95. The van der Waals surface area contributed by atoms with Crippen LogP contribution in [0.4, 0.5) is 0 Å².